The Morgan fingerprint density at radius 1 is 1.08 bits per heavy atom. The summed E-state index contributed by atoms with van der Waals surface area (Å²) in [5, 5.41) is 3.07. The summed E-state index contributed by atoms with van der Waals surface area (Å²) in [5.41, 5.74) is -0.704. The van der Waals surface area contributed by atoms with E-state index in [2.05, 4.69) is 24.1 Å². The second kappa shape index (κ2) is 6.21. The quantitative estimate of drug-likeness (QED) is 0.764. The lowest BCUT2D eigenvalue weighted by molar-refractivity contribution is -0.187. The van der Waals surface area contributed by atoms with Gasteiger partial charge in [-0.25, -0.2) is 9.69 Å². The molecule has 2 atom stereocenters. The molecular weight excluding hydrogens is 322 g/mol. The van der Waals surface area contributed by atoms with E-state index >= 15 is 0 Å². The number of amides is 3. The zero-order valence-corrected chi connectivity index (χ0v) is 15.3. The van der Waals surface area contributed by atoms with Crippen molar-refractivity contribution < 1.29 is 19.1 Å². The van der Waals surface area contributed by atoms with E-state index in [-0.39, 0.29) is 23.8 Å². The summed E-state index contributed by atoms with van der Waals surface area (Å²) >= 11 is 0. The van der Waals surface area contributed by atoms with E-state index in [1.807, 2.05) is 0 Å². The summed E-state index contributed by atoms with van der Waals surface area (Å²) in [4.78, 5) is 29.4. The number of hydrogen-bond donors (Lipinski definition) is 1. The SMILES string of the molecule is CC1CCCC(C)C12NC(=O)N(CN1CCC3(CC1)OCCO3)C2=O. The van der Waals surface area contributed by atoms with Crippen molar-refractivity contribution in [2.45, 2.75) is 57.3 Å². The molecule has 2 unspecified atom stereocenters. The molecule has 4 fully saturated rings. The maximum Gasteiger partial charge on any atom is 0.326 e. The van der Waals surface area contributed by atoms with Crippen LogP contribution in [-0.2, 0) is 14.3 Å². The van der Waals surface area contributed by atoms with Crippen molar-refractivity contribution in [2.75, 3.05) is 33.0 Å². The largest absolute Gasteiger partial charge is 0.347 e. The molecule has 0 radical (unpaired) electrons. The van der Waals surface area contributed by atoms with Gasteiger partial charge in [0.15, 0.2) is 5.79 Å². The van der Waals surface area contributed by atoms with Crippen molar-refractivity contribution in [3.63, 3.8) is 0 Å². The predicted molar refractivity (Wildman–Crippen MR) is 90.6 cm³/mol. The van der Waals surface area contributed by atoms with Crippen LogP contribution in [0.3, 0.4) is 0 Å². The Kier molecular flexibility index (Phi) is 4.29. The van der Waals surface area contributed by atoms with Crippen molar-refractivity contribution >= 4 is 11.9 Å². The average Bonchev–Trinajstić information content (AvgIpc) is 3.14. The Balaban J connectivity index is 1.43. The summed E-state index contributed by atoms with van der Waals surface area (Å²) in [6.45, 7) is 7.41. The van der Waals surface area contributed by atoms with Crippen LogP contribution in [-0.4, -0.2) is 66.0 Å². The molecule has 4 aliphatic rings. The lowest BCUT2D eigenvalue weighted by atomic mass is 9.67. The molecule has 0 bridgehead atoms. The first kappa shape index (κ1) is 17.2. The minimum absolute atomic E-state index is 0.0362. The molecule has 4 rings (SSSR count). The molecule has 25 heavy (non-hydrogen) atoms. The minimum Gasteiger partial charge on any atom is -0.347 e. The first-order chi connectivity index (χ1) is 12.0. The number of likely N-dealkylation sites (tertiary alicyclic amines) is 1. The molecule has 1 saturated carbocycles. The highest BCUT2D eigenvalue weighted by molar-refractivity contribution is 6.07. The molecule has 7 nitrogen and oxygen atoms in total. The van der Waals surface area contributed by atoms with E-state index in [0.717, 1.165) is 45.2 Å². The number of nitrogens with zero attached hydrogens (tertiary/aromatic N) is 2. The molecule has 0 aromatic rings. The third kappa shape index (κ3) is 2.67. The highest BCUT2D eigenvalue weighted by Crippen LogP contribution is 2.42. The van der Waals surface area contributed by atoms with Gasteiger partial charge in [-0.2, -0.15) is 0 Å². The Hall–Kier alpha value is -1.18. The number of imide groups is 1. The fourth-order valence-electron chi connectivity index (χ4n) is 5.10. The van der Waals surface area contributed by atoms with Gasteiger partial charge in [-0.3, -0.25) is 9.69 Å². The minimum atomic E-state index is -0.704. The average molecular weight is 351 g/mol. The summed E-state index contributed by atoms with van der Waals surface area (Å²) < 4.78 is 11.5. The number of piperidine rings is 1. The molecule has 7 heteroatoms. The van der Waals surface area contributed by atoms with Crippen molar-refractivity contribution in [1.29, 1.82) is 0 Å². The van der Waals surface area contributed by atoms with Crippen LogP contribution in [0.15, 0.2) is 0 Å². The molecule has 3 amide bonds. The zero-order chi connectivity index (χ0) is 17.7. The summed E-state index contributed by atoms with van der Waals surface area (Å²) in [6.07, 6.45) is 4.68. The highest BCUT2D eigenvalue weighted by Gasteiger charge is 2.58. The molecular formula is C18H29N3O4. The number of rotatable bonds is 2. The summed E-state index contributed by atoms with van der Waals surface area (Å²) in [5.74, 6) is -0.0995. The predicted octanol–water partition coefficient (Wildman–Crippen LogP) is 1.53. The molecule has 2 spiro atoms. The lowest BCUT2D eigenvalue weighted by Crippen LogP contribution is -2.59. The van der Waals surface area contributed by atoms with Crippen molar-refractivity contribution in [3.05, 3.63) is 0 Å². The van der Waals surface area contributed by atoms with Crippen LogP contribution in [0.1, 0.15) is 46.0 Å². The monoisotopic (exact) mass is 351 g/mol. The van der Waals surface area contributed by atoms with Crippen LogP contribution in [0.4, 0.5) is 4.79 Å². The molecule has 1 aliphatic carbocycles. The van der Waals surface area contributed by atoms with Gasteiger partial charge in [0.25, 0.3) is 5.91 Å². The number of carbonyl (C=O) groups excluding carboxylic acids is 2. The number of nitrogens with one attached hydrogen (secondary N) is 1. The Morgan fingerprint density at radius 3 is 2.28 bits per heavy atom. The fraction of sp³-hybridized carbons (Fsp3) is 0.889. The van der Waals surface area contributed by atoms with Gasteiger partial charge in [0, 0.05) is 25.9 Å². The molecule has 1 N–H and O–H groups in total. The standard InChI is InChI=1S/C18H29N3O4/c1-13-4-3-5-14(2)18(13)15(22)21(16(23)19-18)12-20-8-6-17(7-9-20)24-10-11-25-17/h13-14H,3-12H2,1-2H3,(H,19,23). The van der Waals surface area contributed by atoms with Gasteiger partial charge in [0.2, 0.25) is 0 Å². The van der Waals surface area contributed by atoms with Gasteiger partial charge < -0.3 is 14.8 Å². The number of ether oxygens (including phenoxy) is 2. The molecule has 0 aromatic carbocycles. The van der Waals surface area contributed by atoms with E-state index < -0.39 is 11.3 Å². The highest BCUT2D eigenvalue weighted by atomic mass is 16.7. The van der Waals surface area contributed by atoms with Gasteiger partial charge in [0.1, 0.15) is 5.54 Å². The lowest BCUT2D eigenvalue weighted by Gasteiger charge is -2.42. The van der Waals surface area contributed by atoms with Gasteiger partial charge in [0.05, 0.1) is 19.9 Å². The van der Waals surface area contributed by atoms with Crippen LogP contribution in [0.5, 0.6) is 0 Å². The van der Waals surface area contributed by atoms with Gasteiger partial charge in [-0.05, 0) is 24.7 Å². The molecule has 3 aliphatic heterocycles. The van der Waals surface area contributed by atoms with E-state index in [1.165, 1.54) is 4.90 Å². The second-order valence-corrected chi connectivity index (χ2v) is 8.13. The summed E-state index contributed by atoms with van der Waals surface area (Å²) in [7, 11) is 0. The van der Waals surface area contributed by atoms with Gasteiger partial charge in [-0.1, -0.05) is 20.3 Å². The molecule has 3 heterocycles. The third-order valence-electron chi connectivity index (χ3n) is 6.76. The van der Waals surface area contributed by atoms with Gasteiger partial charge in [-0.15, -0.1) is 0 Å². The Morgan fingerprint density at radius 2 is 1.68 bits per heavy atom. The van der Waals surface area contributed by atoms with Crippen LogP contribution in [0, 0.1) is 11.8 Å². The third-order valence-corrected chi connectivity index (χ3v) is 6.76. The smallest absolute Gasteiger partial charge is 0.326 e. The van der Waals surface area contributed by atoms with Crippen molar-refractivity contribution in [1.82, 2.24) is 15.1 Å². The number of urea groups is 1. The van der Waals surface area contributed by atoms with E-state index in [9.17, 15) is 9.59 Å². The maximum atomic E-state index is 13.2. The van der Waals surface area contributed by atoms with E-state index in [0.29, 0.717) is 19.9 Å². The Labute approximate surface area is 149 Å². The molecule has 0 aromatic heterocycles. The zero-order valence-electron chi connectivity index (χ0n) is 15.3. The van der Waals surface area contributed by atoms with Crippen LogP contribution < -0.4 is 5.32 Å². The van der Waals surface area contributed by atoms with Crippen LogP contribution >= 0.6 is 0 Å². The first-order valence-corrected chi connectivity index (χ1v) is 9.61. The Bertz CT molecular complexity index is 541. The molecule has 3 saturated heterocycles. The normalized spacial score (nSPS) is 38.7. The molecule has 140 valence electrons. The maximum absolute atomic E-state index is 13.2. The van der Waals surface area contributed by atoms with E-state index in [4.69, 9.17) is 9.47 Å². The van der Waals surface area contributed by atoms with Crippen LogP contribution in [0.2, 0.25) is 0 Å². The summed E-state index contributed by atoms with van der Waals surface area (Å²) in [6, 6.07) is -0.237. The number of carbonyl (C=O) groups is 2. The topological polar surface area (TPSA) is 71.1 Å². The van der Waals surface area contributed by atoms with Crippen LogP contribution in [0.25, 0.3) is 0 Å². The fourth-order valence-corrected chi connectivity index (χ4v) is 5.10. The van der Waals surface area contributed by atoms with Crippen molar-refractivity contribution in [3.8, 4) is 0 Å². The number of hydrogen-bond acceptors (Lipinski definition) is 5. The first-order valence-electron chi connectivity index (χ1n) is 9.61. The van der Waals surface area contributed by atoms with E-state index in [1.54, 1.807) is 0 Å². The van der Waals surface area contributed by atoms with Crippen molar-refractivity contribution in [2.24, 2.45) is 11.8 Å². The second-order valence-electron chi connectivity index (χ2n) is 8.13. The van der Waals surface area contributed by atoms with Gasteiger partial charge >= 0.3 is 6.03 Å².